The summed E-state index contributed by atoms with van der Waals surface area (Å²) in [7, 11) is 0. The summed E-state index contributed by atoms with van der Waals surface area (Å²) in [6.45, 7) is 2.90. The number of pyridine rings is 1. The molecule has 1 aromatic carbocycles. The molecule has 24 heavy (non-hydrogen) atoms. The summed E-state index contributed by atoms with van der Waals surface area (Å²) in [4.78, 5) is 20.7. The van der Waals surface area contributed by atoms with Gasteiger partial charge in [0.05, 0.1) is 0 Å². The van der Waals surface area contributed by atoms with Crippen LogP contribution in [0.25, 0.3) is 6.08 Å². The summed E-state index contributed by atoms with van der Waals surface area (Å²) >= 11 is 12.0. The first kappa shape index (κ1) is 16.8. The molecular weight excluding hydrogens is 345 g/mol. The number of hydrogen-bond donors (Lipinski definition) is 0. The highest BCUT2D eigenvalue weighted by molar-refractivity contribution is 6.35. The van der Waals surface area contributed by atoms with Crippen molar-refractivity contribution in [2.45, 2.75) is 0 Å². The van der Waals surface area contributed by atoms with Crippen molar-refractivity contribution in [3.8, 4) is 0 Å². The SMILES string of the molecule is O=C(/C=C/c1ccc(Cl)cc1Cl)N1CCN(c2ccccn2)CC1. The average molecular weight is 362 g/mol. The highest BCUT2D eigenvalue weighted by atomic mass is 35.5. The lowest BCUT2D eigenvalue weighted by atomic mass is 10.2. The third-order valence-corrected chi connectivity index (χ3v) is 4.50. The van der Waals surface area contributed by atoms with Gasteiger partial charge in [-0.15, -0.1) is 0 Å². The minimum atomic E-state index is -0.0123. The molecule has 1 aliphatic rings. The van der Waals surface area contributed by atoms with Crippen LogP contribution in [0.1, 0.15) is 5.56 Å². The second-order valence-corrected chi connectivity index (χ2v) is 6.34. The second-order valence-electron chi connectivity index (χ2n) is 5.50. The van der Waals surface area contributed by atoms with Gasteiger partial charge in [-0.05, 0) is 35.9 Å². The molecule has 1 fully saturated rings. The van der Waals surface area contributed by atoms with E-state index < -0.39 is 0 Å². The van der Waals surface area contributed by atoms with Crippen molar-refractivity contribution < 1.29 is 4.79 Å². The smallest absolute Gasteiger partial charge is 0.246 e. The number of rotatable bonds is 3. The van der Waals surface area contributed by atoms with Crippen molar-refractivity contribution in [1.82, 2.24) is 9.88 Å². The molecule has 2 aromatic rings. The van der Waals surface area contributed by atoms with Crippen molar-refractivity contribution in [2.24, 2.45) is 0 Å². The Hall–Kier alpha value is -2.04. The first-order valence-corrected chi connectivity index (χ1v) is 8.47. The summed E-state index contributed by atoms with van der Waals surface area (Å²) in [5.74, 6) is 0.940. The van der Waals surface area contributed by atoms with Crippen molar-refractivity contribution in [2.75, 3.05) is 31.1 Å². The van der Waals surface area contributed by atoms with Crippen LogP contribution in [0.3, 0.4) is 0 Å². The first-order chi connectivity index (χ1) is 11.6. The van der Waals surface area contributed by atoms with Crippen LogP contribution in [0.5, 0.6) is 0 Å². The lowest BCUT2D eigenvalue weighted by molar-refractivity contribution is -0.126. The Bertz CT molecular complexity index is 741. The van der Waals surface area contributed by atoms with E-state index in [2.05, 4.69) is 9.88 Å². The lowest BCUT2D eigenvalue weighted by Crippen LogP contribution is -2.48. The molecule has 0 spiro atoms. The van der Waals surface area contributed by atoms with Crippen molar-refractivity contribution in [1.29, 1.82) is 0 Å². The lowest BCUT2D eigenvalue weighted by Gasteiger charge is -2.34. The monoisotopic (exact) mass is 361 g/mol. The van der Waals surface area contributed by atoms with Gasteiger partial charge in [0.15, 0.2) is 0 Å². The van der Waals surface area contributed by atoms with Gasteiger partial charge in [-0.1, -0.05) is 35.3 Å². The minimum Gasteiger partial charge on any atom is -0.353 e. The number of carbonyl (C=O) groups is 1. The van der Waals surface area contributed by atoms with E-state index in [0.29, 0.717) is 23.1 Å². The maximum Gasteiger partial charge on any atom is 0.246 e. The van der Waals surface area contributed by atoms with Crippen LogP contribution in [0, 0.1) is 0 Å². The molecule has 1 saturated heterocycles. The van der Waals surface area contributed by atoms with E-state index in [9.17, 15) is 4.79 Å². The highest BCUT2D eigenvalue weighted by Gasteiger charge is 2.20. The maximum absolute atomic E-state index is 12.3. The van der Waals surface area contributed by atoms with Crippen molar-refractivity contribution >= 4 is 41.0 Å². The van der Waals surface area contributed by atoms with Gasteiger partial charge < -0.3 is 9.80 Å². The Balaban J connectivity index is 1.58. The number of hydrogen-bond acceptors (Lipinski definition) is 3. The molecule has 0 unspecified atom stereocenters. The van der Waals surface area contributed by atoms with Crippen LogP contribution >= 0.6 is 23.2 Å². The molecule has 1 amide bonds. The van der Waals surface area contributed by atoms with E-state index >= 15 is 0 Å². The predicted octanol–water partition coefficient (Wildman–Crippen LogP) is 3.75. The van der Waals surface area contributed by atoms with Crippen molar-refractivity contribution in [3.05, 3.63) is 64.3 Å². The number of piperazine rings is 1. The number of benzene rings is 1. The standard InChI is InChI=1S/C18H17Cl2N3O/c19-15-6-4-14(16(20)13-15)5-7-18(24)23-11-9-22(10-12-23)17-3-1-2-8-21-17/h1-8,13H,9-12H2/b7-5+. The number of anilines is 1. The zero-order chi connectivity index (χ0) is 16.9. The summed E-state index contributed by atoms with van der Waals surface area (Å²) in [6, 6.07) is 11.1. The summed E-state index contributed by atoms with van der Waals surface area (Å²) in [6.07, 6.45) is 5.07. The zero-order valence-electron chi connectivity index (χ0n) is 13.0. The number of aromatic nitrogens is 1. The zero-order valence-corrected chi connectivity index (χ0v) is 14.5. The third-order valence-electron chi connectivity index (χ3n) is 3.93. The fourth-order valence-corrected chi connectivity index (χ4v) is 3.07. The van der Waals surface area contributed by atoms with Gasteiger partial charge in [0.25, 0.3) is 0 Å². The Morgan fingerprint density at radius 3 is 2.54 bits per heavy atom. The van der Waals surface area contributed by atoms with Crippen molar-refractivity contribution in [3.63, 3.8) is 0 Å². The van der Waals surface area contributed by atoms with Gasteiger partial charge in [-0.3, -0.25) is 4.79 Å². The normalized spacial score (nSPS) is 15.1. The van der Waals surface area contributed by atoms with Gasteiger partial charge >= 0.3 is 0 Å². The maximum atomic E-state index is 12.3. The molecule has 2 heterocycles. The van der Waals surface area contributed by atoms with Crippen LogP contribution in [-0.4, -0.2) is 42.0 Å². The van der Waals surface area contributed by atoms with E-state index in [4.69, 9.17) is 23.2 Å². The van der Waals surface area contributed by atoms with Gasteiger partial charge in [0, 0.05) is 48.5 Å². The van der Waals surface area contributed by atoms with Crippen LogP contribution in [0.4, 0.5) is 5.82 Å². The van der Waals surface area contributed by atoms with Gasteiger partial charge in [-0.2, -0.15) is 0 Å². The molecule has 0 N–H and O–H groups in total. The quantitative estimate of drug-likeness (QED) is 0.781. The fourth-order valence-electron chi connectivity index (χ4n) is 2.60. The molecule has 0 atom stereocenters. The summed E-state index contributed by atoms with van der Waals surface area (Å²) < 4.78 is 0. The van der Waals surface area contributed by atoms with E-state index in [1.807, 2.05) is 23.1 Å². The van der Waals surface area contributed by atoms with Gasteiger partial charge in [-0.25, -0.2) is 4.98 Å². The van der Waals surface area contributed by atoms with E-state index in [1.165, 1.54) is 0 Å². The number of nitrogens with zero attached hydrogens (tertiary/aromatic N) is 3. The Morgan fingerprint density at radius 2 is 1.88 bits per heavy atom. The Morgan fingerprint density at radius 1 is 1.08 bits per heavy atom. The molecule has 4 nitrogen and oxygen atoms in total. The fraction of sp³-hybridized carbons (Fsp3) is 0.222. The Kier molecular flexibility index (Phi) is 5.38. The molecule has 0 aliphatic carbocycles. The molecule has 6 heteroatoms. The molecule has 0 bridgehead atoms. The molecule has 0 radical (unpaired) electrons. The molecular formula is C18H17Cl2N3O. The van der Waals surface area contributed by atoms with Crippen LogP contribution < -0.4 is 4.90 Å². The average Bonchev–Trinajstić information content (AvgIpc) is 2.62. The Labute approximate surface area is 151 Å². The molecule has 1 aromatic heterocycles. The minimum absolute atomic E-state index is 0.0123. The van der Waals surface area contributed by atoms with E-state index in [0.717, 1.165) is 24.5 Å². The van der Waals surface area contributed by atoms with Gasteiger partial charge in [0.2, 0.25) is 5.91 Å². The highest BCUT2D eigenvalue weighted by Crippen LogP contribution is 2.22. The van der Waals surface area contributed by atoms with Crippen LogP contribution in [0.2, 0.25) is 10.0 Å². The number of halogens is 2. The van der Waals surface area contributed by atoms with E-state index in [-0.39, 0.29) is 5.91 Å². The summed E-state index contributed by atoms with van der Waals surface area (Å²) in [5, 5.41) is 1.11. The molecule has 124 valence electrons. The topological polar surface area (TPSA) is 36.4 Å². The van der Waals surface area contributed by atoms with E-state index in [1.54, 1.807) is 36.5 Å². The number of amides is 1. The largest absolute Gasteiger partial charge is 0.353 e. The summed E-state index contributed by atoms with van der Waals surface area (Å²) in [5.41, 5.74) is 0.779. The molecule has 3 rings (SSSR count). The second kappa shape index (κ2) is 7.69. The number of carbonyl (C=O) groups excluding carboxylic acids is 1. The van der Waals surface area contributed by atoms with Crippen LogP contribution in [0.15, 0.2) is 48.7 Å². The van der Waals surface area contributed by atoms with Crippen LogP contribution in [-0.2, 0) is 4.79 Å². The third kappa shape index (κ3) is 4.08. The van der Waals surface area contributed by atoms with Gasteiger partial charge in [0.1, 0.15) is 5.82 Å². The molecule has 1 aliphatic heterocycles. The predicted molar refractivity (Wildman–Crippen MR) is 98.5 cm³/mol. The molecule has 0 saturated carbocycles. The first-order valence-electron chi connectivity index (χ1n) is 7.71.